The molecular weight excluding hydrogens is 340 g/mol. The van der Waals surface area contributed by atoms with E-state index in [9.17, 15) is 15.3 Å². The number of hydrogen-bond acceptors (Lipinski definition) is 7. The van der Waals surface area contributed by atoms with E-state index in [-0.39, 0.29) is 23.0 Å². The van der Waals surface area contributed by atoms with Crippen molar-refractivity contribution in [1.29, 1.82) is 0 Å². The van der Waals surface area contributed by atoms with Gasteiger partial charge in [0.1, 0.15) is 22.3 Å². The van der Waals surface area contributed by atoms with Gasteiger partial charge in [-0.3, -0.25) is 0 Å². The van der Waals surface area contributed by atoms with E-state index in [0.717, 1.165) is 16.2 Å². The molecule has 5 aromatic rings. The standard InChI is InChI=1S/C19H12O7/c1-23-26-19-5-11-10-4-15-9(3-16(10)25-18(11)7-14(19)22)8-2-12(20)13(21)6-17(8)24-15/h2-7,20-22H,1H3. The van der Waals surface area contributed by atoms with Crippen LogP contribution in [0.3, 0.4) is 0 Å². The van der Waals surface area contributed by atoms with Gasteiger partial charge in [0.2, 0.25) is 5.75 Å². The van der Waals surface area contributed by atoms with Crippen LogP contribution in [-0.2, 0) is 4.89 Å². The SMILES string of the molecule is COOc1cc2c(cc1O)oc1cc3c(cc12)oc1cc(O)c(O)cc13. The third-order valence-corrected chi connectivity index (χ3v) is 4.41. The summed E-state index contributed by atoms with van der Waals surface area (Å²) in [5.74, 6) is -0.408. The highest BCUT2D eigenvalue weighted by Gasteiger charge is 2.17. The summed E-state index contributed by atoms with van der Waals surface area (Å²) in [7, 11) is 1.35. The molecule has 0 bridgehead atoms. The number of benzene rings is 3. The third-order valence-electron chi connectivity index (χ3n) is 4.41. The van der Waals surface area contributed by atoms with Crippen molar-refractivity contribution in [2.45, 2.75) is 0 Å². The Hall–Kier alpha value is -3.58. The second kappa shape index (κ2) is 4.96. The van der Waals surface area contributed by atoms with Gasteiger partial charge in [-0.15, -0.1) is 0 Å². The summed E-state index contributed by atoms with van der Waals surface area (Å²) in [6, 6.07) is 9.48. The van der Waals surface area contributed by atoms with Gasteiger partial charge in [0.05, 0.1) is 7.11 Å². The van der Waals surface area contributed by atoms with Crippen molar-refractivity contribution in [2.24, 2.45) is 0 Å². The third kappa shape index (κ3) is 1.91. The van der Waals surface area contributed by atoms with Gasteiger partial charge in [-0.05, 0) is 24.3 Å². The number of furan rings is 2. The number of aromatic hydroxyl groups is 3. The lowest BCUT2D eigenvalue weighted by Gasteiger charge is -2.02. The lowest BCUT2D eigenvalue weighted by atomic mass is 10.1. The minimum Gasteiger partial charge on any atom is -0.504 e. The minimum absolute atomic E-state index is 0.104. The fraction of sp³-hybridized carbons (Fsp3) is 0.0526. The van der Waals surface area contributed by atoms with Gasteiger partial charge in [-0.25, -0.2) is 0 Å². The van der Waals surface area contributed by atoms with Crippen molar-refractivity contribution >= 4 is 43.9 Å². The molecule has 0 spiro atoms. The molecule has 0 saturated heterocycles. The highest BCUT2D eigenvalue weighted by molar-refractivity contribution is 6.15. The molecule has 2 heterocycles. The van der Waals surface area contributed by atoms with E-state index < -0.39 is 0 Å². The van der Waals surface area contributed by atoms with Crippen molar-refractivity contribution in [1.82, 2.24) is 0 Å². The predicted octanol–water partition coefficient (Wildman–Crippen LogP) is 4.54. The maximum Gasteiger partial charge on any atom is 0.207 e. The summed E-state index contributed by atoms with van der Waals surface area (Å²) in [4.78, 5) is 9.58. The van der Waals surface area contributed by atoms with Crippen molar-refractivity contribution in [2.75, 3.05) is 7.11 Å². The number of phenolic OH excluding ortho intramolecular Hbond substituents is 3. The van der Waals surface area contributed by atoms with Crippen LogP contribution in [0.1, 0.15) is 0 Å². The molecule has 0 radical (unpaired) electrons. The predicted molar refractivity (Wildman–Crippen MR) is 93.6 cm³/mol. The average Bonchev–Trinajstić information content (AvgIpc) is 3.11. The number of fused-ring (bicyclic) bond motifs is 6. The molecule has 0 aliphatic heterocycles. The van der Waals surface area contributed by atoms with Gasteiger partial charge in [0.25, 0.3) is 0 Å². The Morgan fingerprint density at radius 3 is 1.69 bits per heavy atom. The van der Waals surface area contributed by atoms with Gasteiger partial charge in [0, 0.05) is 33.7 Å². The van der Waals surface area contributed by atoms with Crippen LogP contribution < -0.4 is 4.89 Å². The first kappa shape index (κ1) is 14.7. The van der Waals surface area contributed by atoms with Crippen LogP contribution in [0.25, 0.3) is 43.9 Å². The van der Waals surface area contributed by atoms with E-state index in [1.54, 1.807) is 18.2 Å². The maximum atomic E-state index is 9.98. The Balaban J connectivity index is 1.86. The fourth-order valence-electron chi connectivity index (χ4n) is 3.24. The van der Waals surface area contributed by atoms with Crippen LogP contribution in [-0.4, -0.2) is 22.4 Å². The summed E-state index contributed by atoms with van der Waals surface area (Å²) >= 11 is 0. The molecule has 2 aromatic heterocycles. The van der Waals surface area contributed by atoms with Gasteiger partial charge < -0.3 is 29.0 Å². The zero-order chi connectivity index (χ0) is 18.0. The van der Waals surface area contributed by atoms with Crippen LogP contribution in [0.2, 0.25) is 0 Å². The fourth-order valence-corrected chi connectivity index (χ4v) is 3.24. The molecule has 0 aliphatic rings. The molecule has 0 atom stereocenters. The molecule has 130 valence electrons. The van der Waals surface area contributed by atoms with Gasteiger partial charge in [0.15, 0.2) is 17.2 Å². The molecule has 0 saturated carbocycles. The van der Waals surface area contributed by atoms with Crippen LogP contribution >= 0.6 is 0 Å². The van der Waals surface area contributed by atoms with Crippen molar-refractivity contribution in [3.8, 4) is 23.0 Å². The first-order valence-corrected chi connectivity index (χ1v) is 7.73. The zero-order valence-corrected chi connectivity index (χ0v) is 13.4. The molecule has 0 unspecified atom stereocenters. The summed E-state index contributed by atoms with van der Waals surface area (Å²) in [5, 5.41) is 32.3. The Labute approximate surface area is 145 Å². The van der Waals surface area contributed by atoms with Crippen molar-refractivity contribution in [3.63, 3.8) is 0 Å². The molecule has 5 rings (SSSR count). The lowest BCUT2D eigenvalue weighted by molar-refractivity contribution is -0.179. The first-order valence-electron chi connectivity index (χ1n) is 7.73. The van der Waals surface area contributed by atoms with Crippen LogP contribution in [0.5, 0.6) is 23.0 Å². The molecule has 0 fully saturated rings. The summed E-state index contributed by atoms with van der Waals surface area (Å²) < 4.78 is 11.6. The highest BCUT2D eigenvalue weighted by atomic mass is 17.2. The van der Waals surface area contributed by atoms with E-state index in [1.807, 2.05) is 0 Å². The number of phenols is 3. The second-order valence-corrected chi connectivity index (χ2v) is 5.95. The molecule has 3 aromatic carbocycles. The highest BCUT2D eigenvalue weighted by Crippen LogP contribution is 2.42. The summed E-state index contributed by atoms with van der Waals surface area (Å²) in [6.07, 6.45) is 0. The summed E-state index contributed by atoms with van der Waals surface area (Å²) in [6.45, 7) is 0. The maximum absolute atomic E-state index is 9.98. The van der Waals surface area contributed by atoms with E-state index in [0.29, 0.717) is 27.7 Å². The summed E-state index contributed by atoms with van der Waals surface area (Å²) in [5.41, 5.74) is 2.09. The Kier molecular flexibility index (Phi) is 2.81. The Bertz CT molecular complexity index is 1330. The van der Waals surface area contributed by atoms with Crippen LogP contribution in [0.4, 0.5) is 0 Å². The number of rotatable bonds is 2. The van der Waals surface area contributed by atoms with Crippen LogP contribution in [0, 0.1) is 0 Å². The van der Waals surface area contributed by atoms with Gasteiger partial charge in [-0.2, -0.15) is 4.89 Å². The quantitative estimate of drug-likeness (QED) is 0.243. The van der Waals surface area contributed by atoms with E-state index in [2.05, 4.69) is 4.89 Å². The van der Waals surface area contributed by atoms with Crippen molar-refractivity contribution < 1.29 is 33.9 Å². The normalized spacial score (nSPS) is 11.9. The second-order valence-electron chi connectivity index (χ2n) is 5.95. The zero-order valence-electron chi connectivity index (χ0n) is 13.4. The Morgan fingerprint density at radius 2 is 1.08 bits per heavy atom. The minimum atomic E-state index is -0.248. The smallest absolute Gasteiger partial charge is 0.207 e. The van der Waals surface area contributed by atoms with Crippen LogP contribution in [0.15, 0.2) is 45.2 Å². The topological polar surface area (TPSA) is 105 Å². The molecule has 7 heteroatoms. The van der Waals surface area contributed by atoms with Crippen molar-refractivity contribution in [3.05, 3.63) is 36.4 Å². The molecule has 0 aliphatic carbocycles. The first-order chi connectivity index (χ1) is 12.5. The van der Waals surface area contributed by atoms with E-state index in [1.165, 1.54) is 25.3 Å². The van der Waals surface area contributed by atoms with Gasteiger partial charge >= 0.3 is 0 Å². The monoisotopic (exact) mass is 352 g/mol. The largest absolute Gasteiger partial charge is 0.504 e. The molecule has 3 N–H and O–H groups in total. The number of hydrogen-bond donors (Lipinski definition) is 3. The molecule has 26 heavy (non-hydrogen) atoms. The van der Waals surface area contributed by atoms with E-state index in [4.69, 9.17) is 13.7 Å². The Morgan fingerprint density at radius 1 is 0.615 bits per heavy atom. The van der Waals surface area contributed by atoms with Gasteiger partial charge in [-0.1, -0.05) is 0 Å². The molecule has 0 amide bonds. The lowest BCUT2D eigenvalue weighted by Crippen LogP contribution is -1.90. The average molecular weight is 352 g/mol. The van der Waals surface area contributed by atoms with E-state index >= 15 is 0 Å². The molecule has 7 nitrogen and oxygen atoms in total. The molecular formula is C19H12O7.